The summed E-state index contributed by atoms with van der Waals surface area (Å²) in [6, 6.07) is 5.63. The number of hydrogen-bond acceptors (Lipinski definition) is 2. The van der Waals surface area contributed by atoms with Crippen LogP contribution >= 0.6 is 38.9 Å². The lowest BCUT2D eigenvalue weighted by Crippen LogP contribution is -1.89. The summed E-state index contributed by atoms with van der Waals surface area (Å²) in [6.07, 6.45) is 0. The van der Waals surface area contributed by atoms with Crippen LogP contribution in [0.2, 0.25) is 5.02 Å². The molecule has 0 saturated carbocycles. The standard InChI is InChI=1S/C11H5BrClFO2S/c12-6-3-5(14)4-7(13)10(6)8-1-2-9(17-8)11(15)16/h1-4H,(H,15,16). The van der Waals surface area contributed by atoms with Crippen LogP contribution in [-0.2, 0) is 0 Å². The number of carbonyl (C=O) groups is 1. The third kappa shape index (κ3) is 2.51. The number of carboxylic acid groups (broad SMARTS) is 1. The molecular formula is C11H5BrClFO2S. The number of aromatic carboxylic acids is 1. The van der Waals surface area contributed by atoms with Crippen molar-refractivity contribution in [1.29, 1.82) is 0 Å². The molecule has 0 aliphatic rings. The largest absolute Gasteiger partial charge is 0.477 e. The fourth-order valence-corrected chi connectivity index (χ4v) is 3.54. The maximum atomic E-state index is 13.1. The van der Waals surface area contributed by atoms with Gasteiger partial charge in [0.1, 0.15) is 10.7 Å². The zero-order chi connectivity index (χ0) is 12.6. The van der Waals surface area contributed by atoms with Crippen LogP contribution in [0.15, 0.2) is 28.7 Å². The van der Waals surface area contributed by atoms with E-state index in [4.69, 9.17) is 16.7 Å². The highest BCUT2D eigenvalue weighted by Gasteiger charge is 2.14. The Balaban J connectivity index is 2.56. The first-order valence-corrected chi connectivity index (χ1v) is 6.46. The molecule has 0 unspecified atom stereocenters. The molecule has 0 radical (unpaired) electrons. The van der Waals surface area contributed by atoms with Crippen molar-refractivity contribution in [2.75, 3.05) is 0 Å². The summed E-state index contributed by atoms with van der Waals surface area (Å²) in [6.45, 7) is 0. The number of halogens is 3. The zero-order valence-electron chi connectivity index (χ0n) is 8.21. The second kappa shape index (κ2) is 4.76. The Morgan fingerprint density at radius 3 is 2.65 bits per heavy atom. The molecule has 17 heavy (non-hydrogen) atoms. The Bertz CT molecular complexity index is 574. The molecular weight excluding hydrogens is 331 g/mol. The first-order valence-electron chi connectivity index (χ1n) is 4.47. The minimum Gasteiger partial charge on any atom is -0.477 e. The Morgan fingerprint density at radius 2 is 2.12 bits per heavy atom. The summed E-state index contributed by atoms with van der Waals surface area (Å²) in [5, 5.41) is 9.08. The molecule has 0 amide bonds. The van der Waals surface area contributed by atoms with Gasteiger partial charge in [-0.1, -0.05) is 11.6 Å². The lowest BCUT2D eigenvalue weighted by molar-refractivity contribution is 0.0702. The van der Waals surface area contributed by atoms with E-state index in [1.165, 1.54) is 18.2 Å². The van der Waals surface area contributed by atoms with E-state index in [-0.39, 0.29) is 9.90 Å². The van der Waals surface area contributed by atoms with Gasteiger partial charge in [-0.25, -0.2) is 9.18 Å². The highest BCUT2D eigenvalue weighted by atomic mass is 79.9. The fourth-order valence-electron chi connectivity index (χ4n) is 1.36. The number of rotatable bonds is 2. The molecule has 0 aliphatic carbocycles. The van der Waals surface area contributed by atoms with Gasteiger partial charge in [0.15, 0.2) is 0 Å². The predicted octanol–water partition coefficient (Wildman–Crippen LogP) is 4.67. The minimum atomic E-state index is -0.990. The maximum Gasteiger partial charge on any atom is 0.345 e. The van der Waals surface area contributed by atoms with Crippen molar-refractivity contribution in [2.24, 2.45) is 0 Å². The maximum absolute atomic E-state index is 13.1. The van der Waals surface area contributed by atoms with E-state index in [1.54, 1.807) is 6.07 Å². The van der Waals surface area contributed by atoms with Crippen LogP contribution in [0, 0.1) is 5.82 Å². The van der Waals surface area contributed by atoms with E-state index in [0.29, 0.717) is 14.9 Å². The second-order valence-electron chi connectivity index (χ2n) is 3.21. The van der Waals surface area contributed by atoms with Gasteiger partial charge in [0.25, 0.3) is 0 Å². The number of hydrogen-bond donors (Lipinski definition) is 1. The summed E-state index contributed by atoms with van der Waals surface area (Å²) < 4.78 is 13.6. The molecule has 88 valence electrons. The number of thiophene rings is 1. The van der Waals surface area contributed by atoms with Crippen LogP contribution in [0.25, 0.3) is 10.4 Å². The zero-order valence-corrected chi connectivity index (χ0v) is 11.4. The molecule has 2 aromatic rings. The molecule has 1 aromatic heterocycles. The van der Waals surface area contributed by atoms with E-state index in [0.717, 1.165) is 11.3 Å². The minimum absolute atomic E-state index is 0.215. The van der Waals surface area contributed by atoms with Crippen molar-refractivity contribution in [2.45, 2.75) is 0 Å². The van der Waals surface area contributed by atoms with Gasteiger partial charge >= 0.3 is 5.97 Å². The summed E-state index contributed by atoms with van der Waals surface area (Å²) in [5.74, 6) is -1.43. The van der Waals surface area contributed by atoms with Crippen LogP contribution < -0.4 is 0 Å². The third-order valence-corrected chi connectivity index (χ3v) is 4.08. The van der Waals surface area contributed by atoms with Gasteiger partial charge in [-0.3, -0.25) is 0 Å². The lowest BCUT2D eigenvalue weighted by atomic mass is 10.2. The summed E-state index contributed by atoms with van der Waals surface area (Å²) in [5.41, 5.74) is 0.602. The summed E-state index contributed by atoms with van der Waals surface area (Å²) in [7, 11) is 0. The molecule has 2 nitrogen and oxygen atoms in total. The van der Waals surface area contributed by atoms with Crippen molar-refractivity contribution < 1.29 is 14.3 Å². The number of carboxylic acids is 1. The Morgan fingerprint density at radius 1 is 1.41 bits per heavy atom. The third-order valence-electron chi connectivity index (χ3n) is 2.07. The molecule has 1 aromatic carbocycles. The average Bonchev–Trinajstić information content (AvgIpc) is 2.65. The van der Waals surface area contributed by atoms with Crippen LogP contribution in [0.5, 0.6) is 0 Å². The molecule has 0 saturated heterocycles. The highest BCUT2D eigenvalue weighted by Crippen LogP contribution is 2.39. The first-order chi connectivity index (χ1) is 7.99. The van der Waals surface area contributed by atoms with E-state index in [2.05, 4.69) is 15.9 Å². The van der Waals surface area contributed by atoms with E-state index < -0.39 is 11.8 Å². The quantitative estimate of drug-likeness (QED) is 0.866. The van der Waals surface area contributed by atoms with Crippen LogP contribution in [0.4, 0.5) is 4.39 Å². The monoisotopic (exact) mass is 334 g/mol. The van der Waals surface area contributed by atoms with Crippen molar-refractivity contribution in [3.05, 3.63) is 44.5 Å². The molecule has 1 heterocycles. The first kappa shape index (κ1) is 12.5. The SMILES string of the molecule is O=C(O)c1ccc(-c2c(Cl)cc(F)cc2Br)s1. The van der Waals surface area contributed by atoms with E-state index in [9.17, 15) is 9.18 Å². The van der Waals surface area contributed by atoms with Gasteiger partial charge in [0.05, 0.1) is 5.02 Å². The molecule has 0 aliphatic heterocycles. The smallest absolute Gasteiger partial charge is 0.345 e. The molecule has 0 fully saturated rings. The number of benzene rings is 1. The second-order valence-corrected chi connectivity index (χ2v) is 5.56. The van der Waals surface area contributed by atoms with Crippen molar-refractivity contribution in [3.8, 4) is 10.4 Å². The summed E-state index contributed by atoms with van der Waals surface area (Å²) in [4.78, 5) is 11.7. The van der Waals surface area contributed by atoms with E-state index in [1.807, 2.05) is 0 Å². The summed E-state index contributed by atoms with van der Waals surface area (Å²) >= 11 is 10.3. The van der Waals surface area contributed by atoms with Gasteiger partial charge in [-0.2, -0.15) is 0 Å². The molecule has 6 heteroatoms. The fraction of sp³-hybridized carbons (Fsp3) is 0. The van der Waals surface area contributed by atoms with Gasteiger partial charge in [0.2, 0.25) is 0 Å². The molecule has 1 N–H and O–H groups in total. The van der Waals surface area contributed by atoms with Gasteiger partial charge in [0, 0.05) is 14.9 Å². The molecule has 0 atom stereocenters. The van der Waals surface area contributed by atoms with Crippen LogP contribution in [-0.4, -0.2) is 11.1 Å². The highest BCUT2D eigenvalue weighted by molar-refractivity contribution is 9.10. The topological polar surface area (TPSA) is 37.3 Å². The molecule has 0 spiro atoms. The van der Waals surface area contributed by atoms with Gasteiger partial charge in [-0.15, -0.1) is 11.3 Å². The average molecular weight is 336 g/mol. The molecule has 2 rings (SSSR count). The van der Waals surface area contributed by atoms with Gasteiger partial charge < -0.3 is 5.11 Å². The van der Waals surface area contributed by atoms with Crippen LogP contribution in [0.1, 0.15) is 9.67 Å². The van der Waals surface area contributed by atoms with Crippen molar-refractivity contribution >= 4 is 44.8 Å². The van der Waals surface area contributed by atoms with Crippen molar-refractivity contribution in [3.63, 3.8) is 0 Å². The van der Waals surface area contributed by atoms with Crippen molar-refractivity contribution in [1.82, 2.24) is 0 Å². The van der Waals surface area contributed by atoms with Gasteiger partial charge in [-0.05, 0) is 40.2 Å². The predicted molar refractivity (Wildman–Crippen MR) is 69.4 cm³/mol. The Hall–Kier alpha value is -0.910. The Kier molecular flexibility index (Phi) is 3.51. The van der Waals surface area contributed by atoms with E-state index >= 15 is 0 Å². The molecule has 0 bridgehead atoms. The Labute approximate surface area is 114 Å². The lowest BCUT2D eigenvalue weighted by Gasteiger charge is -2.04. The van der Waals surface area contributed by atoms with Crippen LogP contribution in [0.3, 0.4) is 0 Å². The normalized spacial score (nSPS) is 10.5.